The molecule has 1 aliphatic rings. The van der Waals surface area contributed by atoms with Gasteiger partial charge in [-0.05, 0) is 25.5 Å². The first-order valence-corrected chi connectivity index (χ1v) is 5.16. The van der Waals surface area contributed by atoms with Gasteiger partial charge >= 0.3 is 0 Å². The highest BCUT2D eigenvalue weighted by molar-refractivity contribution is 5.31. The molecule has 1 atom stereocenters. The number of aliphatic hydroxyl groups excluding tert-OH is 1. The molecule has 0 aromatic heterocycles. The van der Waals surface area contributed by atoms with Crippen LogP contribution >= 0.6 is 0 Å². The van der Waals surface area contributed by atoms with Crippen molar-refractivity contribution in [1.29, 1.82) is 0 Å². The van der Waals surface area contributed by atoms with Gasteiger partial charge in [0.05, 0.1) is 6.61 Å². The number of benzene rings is 1. The van der Waals surface area contributed by atoms with Crippen LogP contribution in [0.3, 0.4) is 0 Å². The zero-order valence-corrected chi connectivity index (χ0v) is 8.59. The quantitative estimate of drug-likeness (QED) is 0.736. The van der Waals surface area contributed by atoms with E-state index in [0.29, 0.717) is 0 Å². The third-order valence-electron chi connectivity index (χ3n) is 3.18. The summed E-state index contributed by atoms with van der Waals surface area (Å²) in [5.41, 5.74) is 2.50. The summed E-state index contributed by atoms with van der Waals surface area (Å²) in [6.45, 7) is 4.24. The topological polar surface area (TPSA) is 32.3 Å². The summed E-state index contributed by atoms with van der Waals surface area (Å²) >= 11 is 0. The molecule has 1 heterocycles. The summed E-state index contributed by atoms with van der Waals surface area (Å²) in [6, 6.07) is 8.47. The number of aryl methyl sites for hydroxylation is 1. The molecule has 1 aromatic rings. The molecule has 0 saturated carbocycles. The van der Waals surface area contributed by atoms with E-state index in [2.05, 4.69) is 36.5 Å². The molecule has 0 aliphatic carbocycles. The molecule has 1 unspecified atom stereocenters. The van der Waals surface area contributed by atoms with E-state index in [1.54, 1.807) is 0 Å². The van der Waals surface area contributed by atoms with Crippen LogP contribution in [0.1, 0.15) is 17.5 Å². The van der Waals surface area contributed by atoms with Gasteiger partial charge in [0.2, 0.25) is 0 Å². The van der Waals surface area contributed by atoms with Crippen molar-refractivity contribution in [2.45, 2.75) is 18.8 Å². The van der Waals surface area contributed by atoms with E-state index in [0.717, 1.165) is 19.5 Å². The second-order valence-electron chi connectivity index (χ2n) is 4.23. The lowest BCUT2D eigenvalue weighted by molar-refractivity contribution is 0.205. The molecule has 14 heavy (non-hydrogen) atoms. The Morgan fingerprint density at radius 1 is 1.50 bits per heavy atom. The Morgan fingerprint density at radius 2 is 2.36 bits per heavy atom. The van der Waals surface area contributed by atoms with Crippen molar-refractivity contribution < 1.29 is 5.11 Å². The normalized spacial score (nSPS) is 26.7. The van der Waals surface area contributed by atoms with Crippen LogP contribution < -0.4 is 5.32 Å². The molecule has 1 saturated heterocycles. The lowest BCUT2D eigenvalue weighted by Gasteiger charge is -2.26. The van der Waals surface area contributed by atoms with Crippen LogP contribution in [-0.2, 0) is 5.41 Å². The number of aliphatic hydroxyl groups is 1. The van der Waals surface area contributed by atoms with Crippen LogP contribution in [0.5, 0.6) is 0 Å². The standard InChI is InChI=1S/C12H17NO/c1-10-3-2-4-11(7-10)12(9-14)5-6-13-8-12/h2-4,7,13-14H,5-6,8-9H2,1H3. The van der Waals surface area contributed by atoms with E-state index in [1.165, 1.54) is 11.1 Å². The maximum atomic E-state index is 9.52. The summed E-state index contributed by atoms with van der Waals surface area (Å²) in [4.78, 5) is 0. The lowest BCUT2D eigenvalue weighted by Crippen LogP contribution is -2.33. The highest BCUT2D eigenvalue weighted by atomic mass is 16.3. The fraction of sp³-hybridized carbons (Fsp3) is 0.500. The van der Waals surface area contributed by atoms with Crippen molar-refractivity contribution >= 4 is 0 Å². The van der Waals surface area contributed by atoms with Gasteiger partial charge in [-0.15, -0.1) is 0 Å². The van der Waals surface area contributed by atoms with E-state index in [1.807, 2.05) is 0 Å². The van der Waals surface area contributed by atoms with Crippen molar-refractivity contribution in [2.24, 2.45) is 0 Å². The Kier molecular flexibility index (Phi) is 2.57. The highest BCUT2D eigenvalue weighted by Crippen LogP contribution is 2.30. The molecule has 76 valence electrons. The first kappa shape index (κ1) is 9.69. The number of hydrogen-bond donors (Lipinski definition) is 2. The summed E-state index contributed by atoms with van der Waals surface area (Å²) in [7, 11) is 0. The average molecular weight is 191 g/mol. The highest BCUT2D eigenvalue weighted by Gasteiger charge is 2.34. The van der Waals surface area contributed by atoms with Gasteiger partial charge in [0.1, 0.15) is 0 Å². The third kappa shape index (κ3) is 1.56. The second-order valence-corrected chi connectivity index (χ2v) is 4.23. The van der Waals surface area contributed by atoms with Crippen molar-refractivity contribution in [3.8, 4) is 0 Å². The summed E-state index contributed by atoms with van der Waals surface area (Å²) < 4.78 is 0. The van der Waals surface area contributed by atoms with Gasteiger partial charge in [-0.2, -0.15) is 0 Å². The Labute approximate surface area is 85.0 Å². The molecular formula is C12H17NO. The smallest absolute Gasteiger partial charge is 0.0540 e. The predicted molar refractivity (Wildman–Crippen MR) is 57.4 cm³/mol. The SMILES string of the molecule is Cc1cccc(C2(CO)CCNC2)c1. The monoisotopic (exact) mass is 191 g/mol. The summed E-state index contributed by atoms with van der Waals surface area (Å²) in [5.74, 6) is 0. The van der Waals surface area contributed by atoms with Crippen LogP contribution in [0.2, 0.25) is 0 Å². The van der Waals surface area contributed by atoms with Crippen LogP contribution in [0.25, 0.3) is 0 Å². The molecular weight excluding hydrogens is 174 g/mol. The van der Waals surface area contributed by atoms with Crippen molar-refractivity contribution in [3.05, 3.63) is 35.4 Å². The number of hydrogen-bond acceptors (Lipinski definition) is 2. The fourth-order valence-electron chi connectivity index (χ4n) is 2.19. The first-order valence-electron chi connectivity index (χ1n) is 5.16. The maximum absolute atomic E-state index is 9.52. The minimum atomic E-state index is -0.0357. The van der Waals surface area contributed by atoms with Gasteiger partial charge in [0.15, 0.2) is 0 Å². The molecule has 0 radical (unpaired) electrons. The fourth-order valence-corrected chi connectivity index (χ4v) is 2.19. The van der Waals surface area contributed by atoms with Crippen LogP contribution in [-0.4, -0.2) is 24.8 Å². The molecule has 2 nitrogen and oxygen atoms in total. The first-order chi connectivity index (χ1) is 6.77. The molecule has 1 aromatic carbocycles. The molecule has 0 spiro atoms. The van der Waals surface area contributed by atoms with E-state index < -0.39 is 0 Å². The zero-order valence-electron chi connectivity index (χ0n) is 8.59. The van der Waals surface area contributed by atoms with Crippen LogP contribution in [0, 0.1) is 6.92 Å². The van der Waals surface area contributed by atoms with Gasteiger partial charge in [-0.1, -0.05) is 29.8 Å². The van der Waals surface area contributed by atoms with Crippen LogP contribution in [0.15, 0.2) is 24.3 Å². The lowest BCUT2D eigenvalue weighted by atomic mass is 9.80. The Bertz CT molecular complexity index is 316. The van der Waals surface area contributed by atoms with Gasteiger partial charge in [-0.25, -0.2) is 0 Å². The van der Waals surface area contributed by atoms with Crippen molar-refractivity contribution in [3.63, 3.8) is 0 Å². The molecule has 1 fully saturated rings. The summed E-state index contributed by atoms with van der Waals surface area (Å²) in [6.07, 6.45) is 1.03. The van der Waals surface area contributed by atoms with Gasteiger partial charge < -0.3 is 10.4 Å². The average Bonchev–Trinajstić information content (AvgIpc) is 2.67. The van der Waals surface area contributed by atoms with E-state index in [9.17, 15) is 5.11 Å². The van der Waals surface area contributed by atoms with Gasteiger partial charge in [0, 0.05) is 12.0 Å². The minimum absolute atomic E-state index is 0.0357. The third-order valence-corrected chi connectivity index (χ3v) is 3.18. The molecule has 1 aliphatic heterocycles. The Balaban J connectivity index is 2.35. The van der Waals surface area contributed by atoms with E-state index in [4.69, 9.17) is 0 Å². The predicted octanol–water partition coefficient (Wildman–Crippen LogP) is 1.22. The second kappa shape index (κ2) is 3.71. The maximum Gasteiger partial charge on any atom is 0.0540 e. The molecule has 2 heteroatoms. The Morgan fingerprint density at radius 3 is 2.93 bits per heavy atom. The van der Waals surface area contributed by atoms with E-state index >= 15 is 0 Å². The number of rotatable bonds is 2. The number of nitrogens with one attached hydrogen (secondary N) is 1. The summed E-state index contributed by atoms with van der Waals surface area (Å²) in [5, 5.41) is 12.8. The minimum Gasteiger partial charge on any atom is -0.395 e. The molecule has 0 bridgehead atoms. The van der Waals surface area contributed by atoms with E-state index in [-0.39, 0.29) is 12.0 Å². The van der Waals surface area contributed by atoms with Crippen molar-refractivity contribution in [1.82, 2.24) is 5.32 Å². The molecule has 2 N–H and O–H groups in total. The van der Waals surface area contributed by atoms with Gasteiger partial charge in [-0.3, -0.25) is 0 Å². The zero-order chi connectivity index (χ0) is 10.0. The Hall–Kier alpha value is -0.860. The molecule has 2 rings (SSSR count). The largest absolute Gasteiger partial charge is 0.395 e. The van der Waals surface area contributed by atoms with Crippen molar-refractivity contribution in [2.75, 3.05) is 19.7 Å². The van der Waals surface area contributed by atoms with Crippen LogP contribution in [0.4, 0.5) is 0 Å². The van der Waals surface area contributed by atoms with Gasteiger partial charge in [0.25, 0.3) is 0 Å². The molecule has 0 amide bonds.